The van der Waals surface area contributed by atoms with Crippen LogP contribution in [-0.4, -0.2) is 52.0 Å². The van der Waals surface area contributed by atoms with E-state index in [1.807, 2.05) is 0 Å². The summed E-state index contributed by atoms with van der Waals surface area (Å²) >= 11 is 6.04. The lowest BCUT2D eigenvalue weighted by Gasteiger charge is -2.25. The molecular weight excluding hydrogens is 384 g/mol. The third kappa shape index (κ3) is 3.72. The number of aliphatic hydroxyl groups excluding tert-OH is 1. The largest absolute Gasteiger partial charge is 0.507 e. The van der Waals surface area contributed by atoms with Gasteiger partial charge in [0.25, 0.3) is 11.7 Å². The first kappa shape index (κ1) is 19.9. The van der Waals surface area contributed by atoms with Gasteiger partial charge in [0.1, 0.15) is 11.5 Å². The molecule has 2 N–H and O–H groups in total. The molecule has 1 fully saturated rings. The fourth-order valence-electron chi connectivity index (χ4n) is 3.19. The van der Waals surface area contributed by atoms with Crippen molar-refractivity contribution in [1.29, 1.82) is 0 Å². The SMILES string of the molecule is COCCCN1C(=O)C(=O)/C(=C(\O)c2ccncc2)C1c1ccc(O)c(Cl)c1. The van der Waals surface area contributed by atoms with Gasteiger partial charge in [0, 0.05) is 38.2 Å². The Morgan fingerprint density at radius 2 is 1.96 bits per heavy atom. The van der Waals surface area contributed by atoms with Crippen LogP contribution in [0.5, 0.6) is 5.75 Å². The molecule has 1 aliphatic heterocycles. The zero-order chi connectivity index (χ0) is 20.3. The second-order valence-electron chi connectivity index (χ2n) is 6.29. The molecule has 1 saturated heterocycles. The van der Waals surface area contributed by atoms with Gasteiger partial charge < -0.3 is 19.8 Å². The molecule has 28 heavy (non-hydrogen) atoms. The molecule has 7 nitrogen and oxygen atoms in total. The molecule has 3 rings (SSSR count). The number of aromatic nitrogens is 1. The summed E-state index contributed by atoms with van der Waals surface area (Å²) in [4.78, 5) is 30.7. The van der Waals surface area contributed by atoms with Gasteiger partial charge in [-0.05, 0) is 36.2 Å². The second-order valence-corrected chi connectivity index (χ2v) is 6.69. The number of phenols is 1. The number of phenolic OH excluding ortho intramolecular Hbond substituents is 1. The quantitative estimate of drug-likeness (QED) is 0.333. The number of hydrogen-bond acceptors (Lipinski definition) is 6. The number of aliphatic hydroxyl groups is 1. The number of rotatable bonds is 6. The summed E-state index contributed by atoms with van der Waals surface area (Å²) in [6.45, 7) is 0.672. The third-order valence-corrected chi connectivity index (χ3v) is 4.83. The Kier molecular flexibility index (Phi) is 5.96. The highest BCUT2D eigenvalue weighted by Crippen LogP contribution is 2.41. The van der Waals surface area contributed by atoms with Crippen molar-refractivity contribution in [2.45, 2.75) is 12.5 Å². The first-order valence-electron chi connectivity index (χ1n) is 8.62. The van der Waals surface area contributed by atoms with Gasteiger partial charge in [-0.1, -0.05) is 17.7 Å². The van der Waals surface area contributed by atoms with Crippen LogP contribution < -0.4 is 0 Å². The Balaban J connectivity index is 2.13. The highest BCUT2D eigenvalue weighted by Gasteiger charge is 2.45. The molecule has 146 valence electrons. The molecule has 1 amide bonds. The number of amides is 1. The van der Waals surface area contributed by atoms with E-state index in [0.29, 0.717) is 24.2 Å². The molecular formula is C20H19ClN2O5. The van der Waals surface area contributed by atoms with Crippen LogP contribution >= 0.6 is 11.6 Å². The van der Waals surface area contributed by atoms with Crippen LogP contribution in [0.25, 0.3) is 5.76 Å². The minimum absolute atomic E-state index is 0.0321. The van der Waals surface area contributed by atoms with E-state index in [2.05, 4.69) is 4.98 Å². The maximum absolute atomic E-state index is 12.8. The normalized spacial score (nSPS) is 18.6. The zero-order valence-electron chi connectivity index (χ0n) is 15.1. The molecule has 1 aromatic heterocycles. The van der Waals surface area contributed by atoms with Gasteiger partial charge in [-0.2, -0.15) is 0 Å². The predicted molar refractivity (Wildman–Crippen MR) is 103 cm³/mol. The highest BCUT2D eigenvalue weighted by atomic mass is 35.5. The number of pyridine rings is 1. The lowest BCUT2D eigenvalue weighted by atomic mass is 9.95. The molecule has 8 heteroatoms. The molecule has 1 aromatic carbocycles. The standard InChI is InChI=1S/C20H19ClN2O5/c1-28-10-2-9-23-17(13-3-4-15(24)14(21)11-13)16(19(26)20(23)27)18(25)12-5-7-22-8-6-12/h3-8,11,17,24-25H,2,9-10H2,1H3/b18-16-. The van der Waals surface area contributed by atoms with Crippen molar-refractivity contribution in [3.05, 3.63) is 64.4 Å². The lowest BCUT2D eigenvalue weighted by molar-refractivity contribution is -0.140. The van der Waals surface area contributed by atoms with Crippen molar-refractivity contribution >= 4 is 29.1 Å². The maximum atomic E-state index is 12.8. The number of benzene rings is 1. The summed E-state index contributed by atoms with van der Waals surface area (Å²) in [6.07, 6.45) is 3.48. The molecule has 0 bridgehead atoms. The molecule has 0 saturated carbocycles. The summed E-state index contributed by atoms with van der Waals surface area (Å²) in [5.74, 6) is -1.89. The molecule has 1 atom stereocenters. The number of methoxy groups -OCH3 is 1. The van der Waals surface area contributed by atoms with Gasteiger partial charge in [-0.15, -0.1) is 0 Å². The van der Waals surface area contributed by atoms with E-state index in [1.165, 1.54) is 29.4 Å². The Labute approximate surface area is 166 Å². The van der Waals surface area contributed by atoms with Gasteiger partial charge in [-0.25, -0.2) is 0 Å². The van der Waals surface area contributed by atoms with Crippen LogP contribution in [-0.2, 0) is 14.3 Å². The van der Waals surface area contributed by atoms with Crippen LogP contribution in [0, 0.1) is 0 Å². The number of ketones is 1. The van der Waals surface area contributed by atoms with Crippen molar-refractivity contribution in [3.63, 3.8) is 0 Å². The number of hydrogen-bond donors (Lipinski definition) is 2. The predicted octanol–water partition coefficient (Wildman–Crippen LogP) is 2.90. The van der Waals surface area contributed by atoms with Gasteiger partial charge in [0.05, 0.1) is 16.6 Å². The van der Waals surface area contributed by atoms with Crippen molar-refractivity contribution in [3.8, 4) is 5.75 Å². The molecule has 0 spiro atoms. The van der Waals surface area contributed by atoms with Crippen LogP contribution in [0.2, 0.25) is 5.02 Å². The average Bonchev–Trinajstić information content (AvgIpc) is 2.95. The van der Waals surface area contributed by atoms with E-state index in [-0.39, 0.29) is 28.6 Å². The number of ether oxygens (including phenoxy) is 1. The van der Waals surface area contributed by atoms with Crippen molar-refractivity contribution < 1.29 is 24.5 Å². The zero-order valence-corrected chi connectivity index (χ0v) is 15.9. The van der Waals surface area contributed by atoms with Gasteiger partial charge in [-0.3, -0.25) is 14.6 Å². The van der Waals surface area contributed by atoms with E-state index < -0.39 is 17.7 Å². The molecule has 1 unspecified atom stereocenters. The van der Waals surface area contributed by atoms with Gasteiger partial charge in [0.15, 0.2) is 0 Å². The summed E-state index contributed by atoms with van der Waals surface area (Å²) in [6, 6.07) is 6.71. The van der Waals surface area contributed by atoms with Gasteiger partial charge >= 0.3 is 0 Å². The summed E-state index contributed by atoms with van der Waals surface area (Å²) < 4.78 is 5.04. The number of likely N-dealkylation sites (tertiary alicyclic amines) is 1. The summed E-state index contributed by atoms with van der Waals surface area (Å²) in [5, 5.41) is 20.6. The van der Waals surface area contributed by atoms with Crippen LogP contribution in [0.3, 0.4) is 0 Å². The first-order chi connectivity index (χ1) is 13.5. The Morgan fingerprint density at radius 1 is 1.25 bits per heavy atom. The van der Waals surface area contributed by atoms with Crippen LogP contribution in [0.4, 0.5) is 0 Å². The number of halogens is 1. The Morgan fingerprint density at radius 3 is 2.61 bits per heavy atom. The number of carbonyl (C=O) groups is 2. The van der Waals surface area contributed by atoms with E-state index in [1.54, 1.807) is 25.3 Å². The fourth-order valence-corrected chi connectivity index (χ4v) is 3.38. The van der Waals surface area contributed by atoms with Crippen molar-refractivity contribution in [1.82, 2.24) is 9.88 Å². The Bertz CT molecular complexity index is 929. The topological polar surface area (TPSA) is 100.0 Å². The third-order valence-electron chi connectivity index (χ3n) is 4.53. The van der Waals surface area contributed by atoms with E-state index in [0.717, 1.165) is 0 Å². The van der Waals surface area contributed by atoms with E-state index in [9.17, 15) is 19.8 Å². The maximum Gasteiger partial charge on any atom is 0.295 e. The average molecular weight is 403 g/mol. The minimum atomic E-state index is -0.830. The fraction of sp³-hybridized carbons (Fsp3) is 0.250. The number of Topliss-reactive ketones (excluding diaryl/α,β-unsaturated/α-hetero) is 1. The number of nitrogens with zero attached hydrogens (tertiary/aromatic N) is 2. The van der Waals surface area contributed by atoms with Crippen molar-refractivity contribution in [2.24, 2.45) is 0 Å². The van der Waals surface area contributed by atoms with E-state index >= 15 is 0 Å². The summed E-state index contributed by atoms with van der Waals surface area (Å²) in [7, 11) is 1.55. The Hall–Kier alpha value is -2.90. The molecule has 0 radical (unpaired) electrons. The monoisotopic (exact) mass is 402 g/mol. The minimum Gasteiger partial charge on any atom is -0.507 e. The number of carbonyl (C=O) groups excluding carboxylic acids is 2. The first-order valence-corrected chi connectivity index (χ1v) is 8.99. The lowest BCUT2D eigenvalue weighted by Crippen LogP contribution is -2.31. The van der Waals surface area contributed by atoms with Crippen LogP contribution in [0.15, 0.2) is 48.3 Å². The van der Waals surface area contributed by atoms with Crippen molar-refractivity contribution in [2.75, 3.05) is 20.3 Å². The molecule has 2 heterocycles. The second kappa shape index (κ2) is 8.41. The summed E-state index contributed by atoms with van der Waals surface area (Å²) in [5.41, 5.74) is 0.852. The molecule has 1 aliphatic rings. The van der Waals surface area contributed by atoms with Crippen LogP contribution in [0.1, 0.15) is 23.6 Å². The number of aromatic hydroxyl groups is 1. The molecule has 2 aromatic rings. The smallest absolute Gasteiger partial charge is 0.295 e. The van der Waals surface area contributed by atoms with Gasteiger partial charge in [0.2, 0.25) is 0 Å². The highest BCUT2D eigenvalue weighted by molar-refractivity contribution is 6.46. The molecule has 0 aliphatic carbocycles. The van der Waals surface area contributed by atoms with E-state index in [4.69, 9.17) is 16.3 Å².